The summed E-state index contributed by atoms with van der Waals surface area (Å²) in [7, 11) is 0. The van der Waals surface area contributed by atoms with E-state index >= 15 is 0 Å². The highest BCUT2D eigenvalue weighted by atomic mass is 32.2. The highest BCUT2D eigenvalue weighted by Crippen LogP contribution is 2.37. The molecule has 0 radical (unpaired) electrons. The van der Waals surface area contributed by atoms with Crippen molar-refractivity contribution in [3.8, 4) is 0 Å². The summed E-state index contributed by atoms with van der Waals surface area (Å²) >= 11 is 1.22. The molecule has 2 aromatic carbocycles. The topological polar surface area (TPSA) is 97.0 Å². The zero-order valence-corrected chi connectivity index (χ0v) is 19.9. The minimum atomic E-state index is -0.742. The summed E-state index contributed by atoms with van der Waals surface area (Å²) in [6.07, 6.45) is 0. The molecule has 0 spiro atoms. The summed E-state index contributed by atoms with van der Waals surface area (Å²) < 4.78 is 5.39. The van der Waals surface area contributed by atoms with E-state index in [1.807, 2.05) is 63.2 Å². The molecule has 7 nitrogen and oxygen atoms in total. The van der Waals surface area contributed by atoms with Crippen LogP contribution < -0.4 is 11.1 Å². The van der Waals surface area contributed by atoms with Crippen LogP contribution in [0, 0.1) is 20.8 Å². The Morgan fingerprint density at radius 1 is 1.09 bits per heavy atom. The molecule has 2 aliphatic rings. The normalized spacial score (nSPS) is 19.8. The molecule has 8 heteroatoms. The highest BCUT2D eigenvalue weighted by molar-refractivity contribution is 8.16. The average Bonchev–Trinajstić information content (AvgIpc) is 3.12. The van der Waals surface area contributed by atoms with E-state index < -0.39 is 5.25 Å². The van der Waals surface area contributed by atoms with Crippen LogP contribution in [-0.4, -0.2) is 53.3 Å². The van der Waals surface area contributed by atoms with Crippen molar-refractivity contribution in [3.05, 3.63) is 70.4 Å². The van der Waals surface area contributed by atoms with Crippen LogP contribution >= 0.6 is 11.8 Å². The number of nitrogens with two attached hydrogens (primary N) is 1. The van der Waals surface area contributed by atoms with Crippen LogP contribution in [0.5, 0.6) is 0 Å². The molecule has 2 aliphatic heterocycles. The molecule has 4 rings (SSSR count). The van der Waals surface area contributed by atoms with E-state index in [-0.39, 0.29) is 17.5 Å². The molecule has 2 aromatic rings. The summed E-state index contributed by atoms with van der Waals surface area (Å²) in [5.41, 5.74) is 11.5. The van der Waals surface area contributed by atoms with E-state index in [1.165, 1.54) is 11.8 Å². The number of para-hydroxylation sites is 1. The maximum atomic E-state index is 13.5. The maximum absolute atomic E-state index is 13.5. The van der Waals surface area contributed by atoms with Gasteiger partial charge in [0.2, 0.25) is 5.91 Å². The lowest BCUT2D eigenvalue weighted by atomic mass is 10.1. The number of morpholine rings is 1. The molecular weight excluding hydrogens is 436 g/mol. The molecule has 2 heterocycles. The maximum Gasteiger partial charge on any atom is 0.258 e. The van der Waals surface area contributed by atoms with Crippen molar-refractivity contribution < 1.29 is 14.3 Å². The van der Waals surface area contributed by atoms with Crippen molar-refractivity contribution in [2.75, 3.05) is 31.6 Å². The Bertz CT molecular complexity index is 1130. The number of benzene rings is 2. The lowest BCUT2D eigenvalue weighted by Gasteiger charge is -2.27. The van der Waals surface area contributed by atoms with Gasteiger partial charge in [-0.1, -0.05) is 42.1 Å². The fraction of sp³-hybridized carbons (Fsp3) is 0.320. The van der Waals surface area contributed by atoms with Gasteiger partial charge in [-0.25, -0.2) is 4.99 Å². The number of rotatable bonds is 4. The fourth-order valence-corrected chi connectivity index (χ4v) is 5.02. The predicted octanol–water partition coefficient (Wildman–Crippen LogP) is 3.47. The first kappa shape index (κ1) is 23.1. The number of hydrogen-bond donors (Lipinski definition) is 2. The van der Waals surface area contributed by atoms with Crippen LogP contribution in [0.1, 0.15) is 16.7 Å². The van der Waals surface area contributed by atoms with Gasteiger partial charge in [0.05, 0.1) is 24.5 Å². The number of nitrogens with zero attached hydrogens (tertiary/aromatic N) is 2. The first-order valence-electron chi connectivity index (χ1n) is 10.9. The number of aliphatic imine (C=N–C) groups is 1. The molecule has 1 atom stereocenters. The Morgan fingerprint density at radius 2 is 1.76 bits per heavy atom. The summed E-state index contributed by atoms with van der Waals surface area (Å²) in [6, 6.07) is 13.5. The van der Waals surface area contributed by atoms with E-state index in [4.69, 9.17) is 15.5 Å². The van der Waals surface area contributed by atoms with Crippen molar-refractivity contribution in [2.24, 2.45) is 10.7 Å². The molecule has 1 saturated heterocycles. The molecule has 0 bridgehead atoms. The second-order valence-corrected chi connectivity index (χ2v) is 9.34. The van der Waals surface area contributed by atoms with Crippen molar-refractivity contribution >= 4 is 40.0 Å². The lowest BCUT2D eigenvalue weighted by Crippen LogP contribution is -2.42. The third-order valence-corrected chi connectivity index (χ3v) is 6.93. The number of amides is 2. The molecular formula is C25H28N4O3S. The Hall–Kier alpha value is -3.10. The summed E-state index contributed by atoms with van der Waals surface area (Å²) in [6.45, 7) is 7.84. The SMILES string of the molecule is Cc1cccc(NC(=O)[C@@H]2SC(=Nc3c(C)cccc3C)C(C(=O)N3CCOCC3)=C2N)c1. The monoisotopic (exact) mass is 464 g/mol. The van der Waals surface area contributed by atoms with Gasteiger partial charge in [-0.05, 0) is 49.6 Å². The Kier molecular flexibility index (Phi) is 6.85. The first-order valence-corrected chi connectivity index (χ1v) is 11.8. The molecule has 0 aliphatic carbocycles. The number of anilines is 1. The smallest absolute Gasteiger partial charge is 0.258 e. The van der Waals surface area contributed by atoms with Crippen LogP contribution in [0.3, 0.4) is 0 Å². The number of aryl methyl sites for hydroxylation is 3. The van der Waals surface area contributed by atoms with Gasteiger partial charge in [0.1, 0.15) is 10.3 Å². The fourth-order valence-electron chi connectivity index (χ4n) is 3.92. The van der Waals surface area contributed by atoms with Gasteiger partial charge in [-0.3, -0.25) is 9.59 Å². The zero-order valence-electron chi connectivity index (χ0n) is 19.1. The van der Waals surface area contributed by atoms with Gasteiger partial charge in [0.15, 0.2) is 0 Å². The second kappa shape index (κ2) is 9.80. The van der Waals surface area contributed by atoms with Crippen molar-refractivity contribution in [3.63, 3.8) is 0 Å². The molecule has 33 heavy (non-hydrogen) atoms. The number of nitrogens with one attached hydrogen (secondary N) is 1. The molecule has 3 N–H and O–H groups in total. The largest absolute Gasteiger partial charge is 0.400 e. The number of carbonyl (C=O) groups excluding carboxylic acids is 2. The minimum absolute atomic E-state index is 0.209. The Balaban J connectivity index is 1.70. The predicted molar refractivity (Wildman–Crippen MR) is 133 cm³/mol. The van der Waals surface area contributed by atoms with Crippen LogP contribution in [-0.2, 0) is 14.3 Å². The van der Waals surface area contributed by atoms with Crippen molar-refractivity contribution in [1.82, 2.24) is 4.90 Å². The minimum Gasteiger partial charge on any atom is -0.400 e. The van der Waals surface area contributed by atoms with Gasteiger partial charge >= 0.3 is 0 Å². The van der Waals surface area contributed by atoms with Gasteiger partial charge in [0, 0.05) is 24.5 Å². The van der Waals surface area contributed by atoms with Crippen molar-refractivity contribution in [1.29, 1.82) is 0 Å². The van der Waals surface area contributed by atoms with Crippen LogP contribution in [0.2, 0.25) is 0 Å². The zero-order chi connectivity index (χ0) is 23.5. The second-order valence-electron chi connectivity index (χ2n) is 8.25. The van der Waals surface area contributed by atoms with Gasteiger partial charge < -0.3 is 20.7 Å². The number of thioether (sulfide) groups is 1. The third-order valence-electron chi connectivity index (χ3n) is 5.70. The van der Waals surface area contributed by atoms with Crippen LogP contribution in [0.15, 0.2) is 58.7 Å². The number of hydrogen-bond acceptors (Lipinski definition) is 6. The van der Waals surface area contributed by atoms with Crippen molar-refractivity contribution in [2.45, 2.75) is 26.0 Å². The standard InChI is InChI=1S/C25H28N4O3S/c1-15-6-4-9-18(14-15)27-23(30)22-20(26)19(25(31)29-10-12-32-13-11-29)24(33-22)28-21-16(2)7-5-8-17(21)3/h4-9,14,22H,10-13,26H2,1-3H3,(H,27,30)/t22-/m1/s1. The number of ether oxygens (including phenoxy) is 1. The highest BCUT2D eigenvalue weighted by Gasteiger charge is 2.40. The summed E-state index contributed by atoms with van der Waals surface area (Å²) in [5, 5.41) is 2.66. The molecule has 0 aromatic heterocycles. The van der Waals surface area contributed by atoms with Gasteiger partial charge in [-0.2, -0.15) is 0 Å². The quantitative estimate of drug-likeness (QED) is 0.722. The molecule has 0 saturated carbocycles. The Morgan fingerprint density at radius 3 is 2.42 bits per heavy atom. The van der Waals surface area contributed by atoms with E-state index in [2.05, 4.69) is 5.32 Å². The molecule has 1 fully saturated rings. The van der Waals surface area contributed by atoms with Gasteiger partial charge in [-0.15, -0.1) is 0 Å². The summed E-state index contributed by atoms with van der Waals surface area (Å²) in [5.74, 6) is -0.485. The van der Waals surface area contributed by atoms with E-state index in [0.29, 0.717) is 42.6 Å². The van der Waals surface area contributed by atoms with Gasteiger partial charge in [0.25, 0.3) is 5.91 Å². The van der Waals surface area contributed by atoms with E-state index in [9.17, 15) is 9.59 Å². The molecule has 2 amide bonds. The number of carbonyl (C=O) groups is 2. The Labute approximate surface area is 198 Å². The van der Waals surface area contributed by atoms with E-state index in [0.717, 1.165) is 22.4 Å². The van der Waals surface area contributed by atoms with E-state index in [1.54, 1.807) is 4.90 Å². The molecule has 0 unspecified atom stereocenters. The lowest BCUT2D eigenvalue weighted by molar-refractivity contribution is -0.130. The summed E-state index contributed by atoms with van der Waals surface area (Å²) in [4.78, 5) is 33.2. The average molecular weight is 465 g/mol. The van der Waals surface area contributed by atoms with Crippen LogP contribution in [0.4, 0.5) is 11.4 Å². The van der Waals surface area contributed by atoms with Crippen LogP contribution in [0.25, 0.3) is 0 Å². The first-order chi connectivity index (χ1) is 15.8. The third kappa shape index (κ3) is 4.96. The molecule has 172 valence electrons.